The summed E-state index contributed by atoms with van der Waals surface area (Å²) in [6.45, 7) is 5.34. The van der Waals surface area contributed by atoms with E-state index in [9.17, 15) is 14.4 Å². The third kappa shape index (κ3) is 8.33. The largest absolute Gasteiger partial charge is 0.326 e. The Balaban J connectivity index is 1.34. The average molecular weight is 609 g/mol. The van der Waals surface area contributed by atoms with Gasteiger partial charge in [0.15, 0.2) is 5.13 Å². The summed E-state index contributed by atoms with van der Waals surface area (Å²) in [6, 6.07) is 20.6. The molecule has 6 N–H and O–H groups in total. The zero-order chi connectivity index (χ0) is 31.1. The van der Waals surface area contributed by atoms with Crippen LogP contribution < -0.4 is 31.9 Å². The van der Waals surface area contributed by atoms with Crippen molar-refractivity contribution in [3.05, 3.63) is 89.3 Å². The van der Waals surface area contributed by atoms with E-state index < -0.39 is 12.1 Å². The average Bonchev–Trinajstić information content (AvgIpc) is 3.43. The number of aryl methyl sites for hydroxylation is 2. The lowest BCUT2D eigenvalue weighted by Gasteiger charge is -2.11. The third-order valence-corrected chi connectivity index (χ3v) is 6.69. The van der Waals surface area contributed by atoms with Crippen molar-refractivity contribution in [2.75, 3.05) is 31.9 Å². The van der Waals surface area contributed by atoms with Gasteiger partial charge in [0.1, 0.15) is 0 Å². The Morgan fingerprint density at radius 3 is 1.52 bits per heavy atom. The summed E-state index contributed by atoms with van der Waals surface area (Å²) in [7, 11) is 0. The molecule has 0 aliphatic rings. The second-order valence-electron chi connectivity index (χ2n) is 9.62. The molecule has 0 radical (unpaired) electrons. The molecule has 14 heteroatoms. The molecule has 5 aromatic rings. The summed E-state index contributed by atoms with van der Waals surface area (Å²) in [5.41, 5.74) is 5.47. The van der Waals surface area contributed by atoms with Gasteiger partial charge in [0.25, 0.3) is 0 Å². The van der Waals surface area contributed by atoms with Crippen LogP contribution in [0.4, 0.5) is 49.6 Å². The van der Waals surface area contributed by atoms with E-state index in [-0.39, 0.29) is 23.8 Å². The Labute approximate surface area is 256 Å². The van der Waals surface area contributed by atoms with Crippen molar-refractivity contribution in [1.82, 2.24) is 19.9 Å². The Bertz CT molecular complexity index is 1710. The van der Waals surface area contributed by atoms with Gasteiger partial charge in [-0.05, 0) is 50.2 Å². The van der Waals surface area contributed by atoms with Crippen molar-refractivity contribution in [3.63, 3.8) is 0 Å². The van der Waals surface area contributed by atoms with Gasteiger partial charge in [0, 0.05) is 34.9 Å². The molecule has 0 saturated heterocycles. The lowest BCUT2D eigenvalue weighted by Crippen LogP contribution is -2.24. The van der Waals surface area contributed by atoms with Crippen molar-refractivity contribution in [3.8, 4) is 11.3 Å². The minimum atomic E-state index is -0.583. The number of amides is 5. The van der Waals surface area contributed by atoms with Crippen molar-refractivity contribution in [2.45, 2.75) is 20.8 Å². The van der Waals surface area contributed by atoms with E-state index in [1.807, 2.05) is 55.6 Å². The fraction of sp³-hybridized carbons (Fsp3) is 0.100. The molecule has 0 aliphatic carbocycles. The Kier molecular flexibility index (Phi) is 9.01. The highest BCUT2D eigenvalue weighted by molar-refractivity contribution is 7.14. The van der Waals surface area contributed by atoms with Crippen LogP contribution in [0.3, 0.4) is 0 Å². The maximum Gasteiger partial charge on any atom is 0.326 e. The Morgan fingerprint density at radius 2 is 1.02 bits per heavy atom. The van der Waals surface area contributed by atoms with Crippen LogP contribution in [0.15, 0.2) is 78.2 Å². The highest BCUT2D eigenvalue weighted by Gasteiger charge is 2.14. The maximum absolute atomic E-state index is 12.7. The topological polar surface area (TPSA) is 175 Å². The molecule has 2 aromatic heterocycles. The number of benzene rings is 3. The normalized spacial score (nSPS) is 10.4. The van der Waals surface area contributed by atoms with Gasteiger partial charge in [-0.1, -0.05) is 47.5 Å². The zero-order valence-corrected chi connectivity index (χ0v) is 24.7. The number of carbonyl (C=O) groups is 3. The fourth-order valence-corrected chi connectivity index (χ4v) is 4.55. The summed E-state index contributed by atoms with van der Waals surface area (Å²) in [5.74, 6) is -0.331. The van der Waals surface area contributed by atoms with Crippen molar-refractivity contribution >= 4 is 69.3 Å². The molecule has 13 nitrogen and oxygen atoms in total. The van der Waals surface area contributed by atoms with E-state index >= 15 is 0 Å². The first-order valence-corrected chi connectivity index (χ1v) is 14.2. The van der Waals surface area contributed by atoms with Crippen LogP contribution in [-0.2, 0) is 4.79 Å². The smallest absolute Gasteiger partial charge is 0.326 e. The van der Waals surface area contributed by atoms with Gasteiger partial charge < -0.3 is 16.0 Å². The molecule has 5 rings (SSSR count). The second-order valence-corrected chi connectivity index (χ2v) is 10.5. The first-order chi connectivity index (χ1) is 21.2. The van der Waals surface area contributed by atoms with Crippen LogP contribution in [0, 0.1) is 13.8 Å². The molecule has 3 aromatic carbocycles. The Morgan fingerprint density at radius 1 is 0.568 bits per heavy atom. The zero-order valence-electron chi connectivity index (χ0n) is 23.9. The van der Waals surface area contributed by atoms with Gasteiger partial charge in [-0.2, -0.15) is 15.0 Å². The molecule has 44 heavy (non-hydrogen) atoms. The monoisotopic (exact) mass is 608 g/mol. The molecule has 0 aliphatic heterocycles. The van der Waals surface area contributed by atoms with Gasteiger partial charge in [-0.15, -0.1) is 11.3 Å². The Hall–Kier alpha value is -5.89. The predicted octanol–water partition coefficient (Wildman–Crippen LogP) is 6.60. The van der Waals surface area contributed by atoms with Gasteiger partial charge in [-0.25, -0.2) is 14.6 Å². The molecule has 0 fully saturated rings. The third-order valence-electron chi connectivity index (χ3n) is 5.93. The molecular weight excluding hydrogens is 580 g/mol. The molecule has 2 heterocycles. The number of carbonyl (C=O) groups excluding carboxylic acids is 3. The SMILES string of the molecule is CC(=O)Nc1ccc(-c2csc(Nc3nc(NC(=O)Nc4ccc(C)cc4)nc(NC(=O)Nc4ccc(C)cc4)n3)n2)cc1. The van der Waals surface area contributed by atoms with Crippen molar-refractivity contribution in [2.24, 2.45) is 0 Å². The molecule has 222 valence electrons. The molecule has 0 unspecified atom stereocenters. The van der Waals surface area contributed by atoms with Gasteiger partial charge in [0.05, 0.1) is 5.69 Å². The maximum atomic E-state index is 12.7. The fourth-order valence-electron chi connectivity index (χ4n) is 3.83. The predicted molar refractivity (Wildman–Crippen MR) is 173 cm³/mol. The minimum Gasteiger partial charge on any atom is -0.326 e. The molecule has 0 saturated carbocycles. The number of urea groups is 2. The van der Waals surface area contributed by atoms with Crippen LogP contribution in [0.25, 0.3) is 11.3 Å². The van der Waals surface area contributed by atoms with E-state index in [0.717, 1.165) is 16.7 Å². The number of nitrogens with zero attached hydrogens (tertiary/aromatic N) is 4. The molecule has 0 spiro atoms. The van der Waals surface area contributed by atoms with E-state index in [4.69, 9.17) is 0 Å². The van der Waals surface area contributed by atoms with Gasteiger partial charge in [0.2, 0.25) is 23.8 Å². The van der Waals surface area contributed by atoms with Gasteiger partial charge in [-0.3, -0.25) is 20.7 Å². The molecule has 0 atom stereocenters. The number of nitrogens with one attached hydrogen (secondary N) is 6. The highest BCUT2D eigenvalue weighted by atomic mass is 32.1. The number of hydrogen-bond donors (Lipinski definition) is 6. The minimum absolute atomic E-state index is 0.0400. The summed E-state index contributed by atoms with van der Waals surface area (Å²) in [5, 5.41) is 18.6. The van der Waals surface area contributed by atoms with Crippen molar-refractivity contribution in [1.29, 1.82) is 0 Å². The number of thiazole rings is 1. The van der Waals surface area contributed by atoms with E-state index in [2.05, 4.69) is 51.8 Å². The quantitative estimate of drug-likeness (QED) is 0.114. The molecule has 5 amide bonds. The van der Waals surface area contributed by atoms with Crippen molar-refractivity contribution < 1.29 is 14.4 Å². The number of hydrogen-bond acceptors (Lipinski definition) is 9. The number of rotatable bonds is 8. The lowest BCUT2D eigenvalue weighted by atomic mass is 10.1. The van der Waals surface area contributed by atoms with Crippen LogP contribution in [0.2, 0.25) is 0 Å². The molecular formula is C30H28N10O3S. The van der Waals surface area contributed by atoms with Crippen LogP contribution in [0.1, 0.15) is 18.1 Å². The summed E-state index contributed by atoms with van der Waals surface area (Å²) in [6.07, 6.45) is 0. The van der Waals surface area contributed by atoms with E-state index in [0.29, 0.717) is 27.9 Å². The molecule has 0 bridgehead atoms. The second kappa shape index (κ2) is 13.4. The summed E-state index contributed by atoms with van der Waals surface area (Å²) < 4.78 is 0. The van der Waals surface area contributed by atoms with Crippen LogP contribution in [-0.4, -0.2) is 37.9 Å². The summed E-state index contributed by atoms with van der Waals surface area (Å²) >= 11 is 1.31. The standard InChI is InChI=1S/C30H28N10O3S/c1-17-4-10-22(11-5-17)32-28(42)38-25-35-26(39-29(43)33-23-12-6-18(2)7-13-23)37-27(36-25)40-30-34-24(16-44-30)20-8-14-21(15-9-20)31-19(3)41/h4-16H,1-3H3,(H,31,41)(H5,32,33,34,35,36,37,38,39,40,42,43). The van der Waals surface area contributed by atoms with E-state index in [1.54, 1.807) is 36.4 Å². The first kappa shape index (κ1) is 29.6. The highest BCUT2D eigenvalue weighted by Crippen LogP contribution is 2.28. The summed E-state index contributed by atoms with van der Waals surface area (Å²) in [4.78, 5) is 54.1. The van der Waals surface area contributed by atoms with Crippen LogP contribution >= 0.6 is 11.3 Å². The van der Waals surface area contributed by atoms with Crippen LogP contribution in [0.5, 0.6) is 0 Å². The number of anilines is 7. The number of aromatic nitrogens is 4. The van der Waals surface area contributed by atoms with Gasteiger partial charge >= 0.3 is 12.1 Å². The lowest BCUT2D eigenvalue weighted by molar-refractivity contribution is -0.114. The first-order valence-electron chi connectivity index (χ1n) is 13.3. The van der Waals surface area contributed by atoms with E-state index in [1.165, 1.54) is 18.3 Å².